The third kappa shape index (κ3) is 5.45. The summed E-state index contributed by atoms with van der Waals surface area (Å²) in [5.74, 6) is 0.545. The quantitative estimate of drug-likeness (QED) is 0.747. The Morgan fingerprint density at radius 2 is 1.60 bits per heavy atom. The number of amides is 2. The molecule has 0 bridgehead atoms. The maximum absolute atomic E-state index is 12.7. The number of carbonyl (C=O) groups is 2. The normalized spacial score (nSPS) is 14.4. The van der Waals surface area contributed by atoms with Gasteiger partial charge in [0.25, 0.3) is 5.91 Å². The van der Waals surface area contributed by atoms with Gasteiger partial charge in [0.05, 0.1) is 0 Å². The lowest BCUT2D eigenvalue weighted by atomic mass is 10.1. The number of ether oxygens (including phenoxy) is 1. The van der Waals surface area contributed by atoms with Crippen molar-refractivity contribution in [1.82, 2.24) is 4.90 Å². The molecule has 1 fully saturated rings. The van der Waals surface area contributed by atoms with Gasteiger partial charge in [-0.15, -0.1) is 0 Å². The predicted molar refractivity (Wildman–Crippen MR) is 120 cm³/mol. The number of piperazine rings is 1. The van der Waals surface area contributed by atoms with Crippen molar-refractivity contribution in [3.63, 3.8) is 0 Å². The molecule has 30 heavy (non-hydrogen) atoms. The van der Waals surface area contributed by atoms with Crippen molar-refractivity contribution >= 4 is 34.8 Å². The monoisotopic (exact) mass is 429 g/mol. The van der Waals surface area contributed by atoms with E-state index in [0.717, 1.165) is 31.9 Å². The fourth-order valence-corrected chi connectivity index (χ4v) is 3.44. The number of hydrogen-bond acceptors (Lipinski definition) is 4. The minimum atomic E-state index is -1.05. The van der Waals surface area contributed by atoms with Crippen LogP contribution in [0.25, 0.3) is 0 Å². The predicted octanol–water partition coefficient (Wildman–Crippen LogP) is 4.19. The van der Waals surface area contributed by atoms with E-state index in [-0.39, 0.29) is 11.8 Å². The molecule has 3 rings (SSSR count). The van der Waals surface area contributed by atoms with E-state index in [4.69, 9.17) is 16.3 Å². The summed E-state index contributed by atoms with van der Waals surface area (Å²) in [7, 11) is 0. The molecule has 0 aromatic heterocycles. The van der Waals surface area contributed by atoms with Crippen LogP contribution in [-0.2, 0) is 9.59 Å². The first-order chi connectivity index (χ1) is 14.3. The standard InChI is InChI=1S/C23H28ClN3O3/c1-4-21(28)27-15-13-26(14-16-27)19-9-7-18(8-10-19)25-22(29)23(2,3)30-20-11-5-17(24)6-12-20/h5-12H,4,13-16H2,1-3H3,(H,25,29). The summed E-state index contributed by atoms with van der Waals surface area (Å²) in [5, 5.41) is 3.53. The summed E-state index contributed by atoms with van der Waals surface area (Å²) in [4.78, 5) is 28.7. The number of anilines is 2. The minimum absolute atomic E-state index is 0.205. The van der Waals surface area contributed by atoms with E-state index >= 15 is 0 Å². The van der Waals surface area contributed by atoms with E-state index in [1.54, 1.807) is 38.1 Å². The lowest BCUT2D eigenvalue weighted by Crippen LogP contribution is -2.48. The molecule has 1 saturated heterocycles. The molecule has 1 aliphatic rings. The second-order valence-electron chi connectivity index (χ2n) is 7.79. The van der Waals surface area contributed by atoms with Gasteiger partial charge in [0.1, 0.15) is 5.75 Å². The van der Waals surface area contributed by atoms with Crippen molar-refractivity contribution in [2.45, 2.75) is 32.8 Å². The highest BCUT2D eigenvalue weighted by atomic mass is 35.5. The summed E-state index contributed by atoms with van der Waals surface area (Å²) >= 11 is 5.89. The highest BCUT2D eigenvalue weighted by Gasteiger charge is 2.30. The third-order valence-electron chi connectivity index (χ3n) is 5.16. The second kappa shape index (κ2) is 9.39. The summed E-state index contributed by atoms with van der Waals surface area (Å²) in [6.45, 7) is 8.43. The SMILES string of the molecule is CCC(=O)N1CCN(c2ccc(NC(=O)C(C)(C)Oc3ccc(Cl)cc3)cc2)CC1. The molecule has 0 aliphatic carbocycles. The molecule has 2 aromatic carbocycles. The van der Waals surface area contributed by atoms with Gasteiger partial charge in [0, 0.05) is 49.0 Å². The number of rotatable bonds is 6. The van der Waals surface area contributed by atoms with Crippen LogP contribution in [0.15, 0.2) is 48.5 Å². The average Bonchev–Trinajstić information content (AvgIpc) is 2.75. The number of halogens is 1. The molecule has 0 unspecified atom stereocenters. The number of carbonyl (C=O) groups excluding carboxylic acids is 2. The van der Waals surface area contributed by atoms with Gasteiger partial charge in [-0.1, -0.05) is 18.5 Å². The molecular weight excluding hydrogens is 402 g/mol. The van der Waals surface area contributed by atoms with Crippen LogP contribution in [0, 0.1) is 0 Å². The van der Waals surface area contributed by atoms with Crippen LogP contribution in [0.2, 0.25) is 5.02 Å². The lowest BCUT2D eigenvalue weighted by Gasteiger charge is -2.36. The summed E-state index contributed by atoms with van der Waals surface area (Å²) in [6, 6.07) is 14.7. The first-order valence-electron chi connectivity index (χ1n) is 10.2. The number of benzene rings is 2. The number of nitrogens with zero attached hydrogens (tertiary/aromatic N) is 2. The zero-order chi connectivity index (χ0) is 21.7. The number of hydrogen-bond donors (Lipinski definition) is 1. The van der Waals surface area contributed by atoms with Crippen LogP contribution < -0.4 is 15.0 Å². The lowest BCUT2D eigenvalue weighted by molar-refractivity contribution is -0.131. The first kappa shape index (κ1) is 22.0. The van der Waals surface area contributed by atoms with E-state index in [2.05, 4.69) is 10.2 Å². The molecule has 0 radical (unpaired) electrons. The molecule has 2 amide bonds. The Balaban J connectivity index is 1.56. The van der Waals surface area contributed by atoms with E-state index in [0.29, 0.717) is 22.9 Å². The van der Waals surface area contributed by atoms with Crippen molar-refractivity contribution < 1.29 is 14.3 Å². The molecular formula is C23H28ClN3O3. The molecule has 0 spiro atoms. The van der Waals surface area contributed by atoms with Gasteiger partial charge in [-0.25, -0.2) is 0 Å². The van der Waals surface area contributed by atoms with Crippen LogP contribution in [0.3, 0.4) is 0 Å². The Morgan fingerprint density at radius 3 is 2.17 bits per heavy atom. The highest BCUT2D eigenvalue weighted by molar-refractivity contribution is 6.30. The van der Waals surface area contributed by atoms with Crippen LogP contribution in [-0.4, -0.2) is 48.5 Å². The van der Waals surface area contributed by atoms with Crippen LogP contribution in [0.1, 0.15) is 27.2 Å². The van der Waals surface area contributed by atoms with Gasteiger partial charge in [-0.3, -0.25) is 9.59 Å². The van der Waals surface area contributed by atoms with Crippen LogP contribution >= 0.6 is 11.6 Å². The minimum Gasteiger partial charge on any atom is -0.478 e. The van der Waals surface area contributed by atoms with Gasteiger partial charge in [0.2, 0.25) is 5.91 Å². The third-order valence-corrected chi connectivity index (χ3v) is 5.41. The molecule has 0 atom stereocenters. The Labute approximate surface area is 182 Å². The Hall–Kier alpha value is -2.73. The van der Waals surface area contributed by atoms with Gasteiger partial charge in [-0.05, 0) is 62.4 Å². The van der Waals surface area contributed by atoms with E-state index in [1.165, 1.54) is 0 Å². The van der Waals surface area contributed by atoms with Crippen LogP contribution in [0.5, 0.6) is 5.75 Å². The van der Waals surface area contributed by atoms with E-state index in [9.17, 15) is 9.59 Å². The zero-order valence-corrected chi connectivity index (χ0v) is 18.4. The summed E-state index contributed by atoms with van der Waals surface area (Å²) in [5.41, 5.74) is 0.735. The highest BCUT2D eigenvalue weighted by Crippen LogP contribution is 2.24. The van der Waals surface area contributed by atoms with Gasteiger partial charge in [-0.2, -0.15) is 0 Å². The zero-order valence-electron chi connectivity index (χ0n) is 17.7. The van der Waals surface area contributed by atoms with Crippen molar-refractivity contribution in [2.24, 2.45) is 0 Å². The maximum Gasteiger partial charge on any atom is 0.267 e. The molecule has 160 valence electrons. The molecule has 0 saturated carbocycles. The van der Waals surface area contributed by atoms with Crippen molar-refractivity contribution in [3.8, 4) is 5.75 Å². The smallest absolute Gasteiger partial charge is 0.267 e. The van der Waals surface area contributed by atoms with Crippen molar-refractivity contribution in [3.05, 3.63) is 53.6 Å². The fraction of sp³-hybridized carbons (Fsp3) is 0.391. The molecule has 1 N–H and O–H groups in total. The van der Waals surface area contributed by atoms with Crippen molar-refractivity contribution in [2.75, 3.05) is 36.4 Å². The van der Waals surface area contributed by atoms with Crippen LogP contribution in [0.4, 0.5) is 11.4 Å². The molecule has 1 heterocycles. The van der Waals surface area contributed by atoms with Gasteiger partial charge >= 0.3 is 0 Å². The fourth-order valence-electron chi connectivity index (χ4n) is 3.32. The average molecular weight is 430 g/mol. The maximum atomic E-state index is 12.7. The molecule has 7 heteroatoms. The number of nitrogens with one attached hydrogen (secondary N) is 1. The van der Waals surface area contributed by atoms with E-state index < -0.39 is 5.60 Å². The second-order valence-corrected chi connectivity index (χ2v) is 8.23. The van der Waals surface area contributed by atoms with Crippen molar-refractivity contribution in [1.29, 1.82) is 0 Å². The summed E-state index contributed by atoms with van der Waals surface area (Å²) < 4.78 is 5.84. The Bertz CT molecular complexity index is 874. The first-order valence-corrected chi connectivity index (χ1v) is 10.5. The Kier molecular flexibility index (Phi) is 6.87. The largest absolute Gasteiger partial charge is 0.478 e. The summed E-state index contributed by atoms with van der Waals surface area (Å²) in [6.07, 6.45) is 0.548. The van der Waals surface area contributed by atoms with Gasteiger partial charge < -0.3 is 19.9 Å². The van der Waals surface area contributed by atoms with Gasteiger partial charge in [0.15, 0.2) is 5.60 Å². The van der Waals surface area contributed by atoms with E-state index in [1.807, 2.05) is 36.1 Å². The Morgan fingerprint density at radius 1 is 1.00 bits per heavy atom. The molecule has 2 aromatic rings. The molecule has 6 nitrogen and oxygen atoms in total. The topological polar surface area (TPSA) is 61.9 Å². The molecule has 1 aliphatic heterocycles.